The fourth-order valence-corrected chi connectivity index (χ4v) is 3.10. The van der Waals surface area contributed by atoms with Gasteiger partial charge in [-0.15, -0.1) is 0 Å². The molecular weight excluding hydrogens is 266 g/mol. The maximum absolute atomic E-state index is 11.2. The lowest BCUT2D eigenvalue weighted by atomic mass is 10.0. The van der Waals surface area contributed by atoms with Crippen LogP contribution in [0.1, 0.15) is 34.9 Å². The Hall–Kier alpha value is -2.30. The van der Waals surface area contributed by atoms with Crippen molar-refractivity contribution in [3.05, 3.63) is 48.0 Å². The first-order chi connectivity index (χ1) is 10.2. The van der Waals surface area contributed by atoms with Crippen molar-refractivity contribution in [1.29, 1.82) is 0 Å². The van der Waals surface area contributed by atoms with Gasteiger partial charge in [0, 0.05) is 43.4 Å². The molecule has 2 aromatic heterocycles. The molecule has 5 heteroatoms. The van der Waals surface area contributed by atoms with Crippen molar-refractivity contribution in [3.63, 3.8) is 0 Å². The van der Waals surface area contributed by atoms with Crippen LogP contribution in [-0.2, 0) is 0 Å². The zero-order valence-electron chi connectivity index (χ0n) is 12.1. The molecule has 1 aliphatic rings. The van der Waals surface area contributed by atoms with E-state index in [1.807, 2.05) is 35.3 Å². The standard InChI is InChI=1S/C16H19N3O2/c1-12-11-17-7-4-14(12)18-9-5-13(6-10-18)19-8-2-3-15(19)16(20)21/h2-4,7-8,11,13H,5-6,9-10H2,1H3,(H,20,21). The van der Waals surface area contributed by atoms with Gasteiger partial charge in [-0.3, -0.25) is 4.98 Å². The zero-order chi connectivity index (χ0) is 14.8. The summed E-state index contributed by atoms with van der Waals surface area (Å²) in [6.07, 6.45) is 7.49. The van der Waals surface area contributed by atoms with E-state index in [1.165, 1.54) is 11.3 Å². The topological polar surface area (TPSA) is 58.4 Å². The number of rotatable bonds is 3. The van der Waals surface area contributed by atoms with Gasteiger partial charge >= 0.3 is 5.97 Å². The molecule has 0 saturated carbocycles. The number of carboxylic acids is 1. The zero-order valence-corrected chi connectivity index (χ0v) is 12.1. The number of carboxylic acid groups (broad SMARTS) is 1. The largest absolute Gasteiger partial charge is 0.477 e. The predicted molar refractivity (Wildman–Crippen MR) is 80.8 cm³/mol. The smallest absolute Gasteiger partial charge is 0.352 e. The fourth-order valence-electron chi connectivity index (χ4n) is 3.10. The summed E-state index contributed by atoms with van der Waals surface area (Å²) in [6.45, 7) is 3.95. The Balaban J connectivity index is 1.72. The molecule has 0 aliphatic carbocycles. The minimum atomic E-state index is -0.854. The van der Waals surface area contributed by atoms with E-state index in [-0.39, 0.29) is 6.04 Å². The number of piperidine rings is 1. The number of hydrogen-bond acceptors (Lipinski definition) is 3. The average molecular weight is 285 g/mol. The monoisotopic (exact) mass is 285 g/mol. The molecule has 21 heavy (non-hydrogen) atoms. The van der Waals surface area contributed by atoms with Crippen LogP contribution in [0.3, 0.4) is 0 Å². The fraction of sp³-hybridized carbons (Fsp3) is 0.375. The Kier molecular flexibility index (Phi) is 3.64. The highest BCUT2D eigenvalue weighted by Gasteiger charge is 2.23. The predicted octanol–water partition coefficient (Wildman–Crippen LogP) is 2.73. The van der Waals surface area contributed by atoms with Crippen LogP contribution < -0.4 is 4.90 Å². The van der Waals surface area contributed by atoms with Crippen LogP contribution in [-0.4, -0.2) is 33.7 Å². The first-order valence-corrected chi connectivity index (χ1v) is 7.22. The third kappa shape index (κ3) is 2.63. The van der Waals surface area contributed by atoms with Crippen LogP contribution in [0.4, 0.5) is 5.69 Å². The van der Waals surface area contributed by atoms with Gasteiger partial charge in [0.1, 0.15) is 5.69 Å². The third-order valence-electron chi connectivity index (χ3n) is 4.19. The quantitative estimate of drug-likeness (QED) is 0.942. The van der Waals surface area contributed by atoms with E-state index in [4.69, 9.17) is 0 Å². The number of nitrogens with zero attached hydrogens (tertiary/aromatic N) is 3. The van der Waals surface area contributed by atoms with Crippen molar-refractivity contribution in [2.45, 2.75) is 25.8 Å². The number of anilines is 1. The Morgan fingerprint density at radius 2 is 2.10 bits per heavy atom. The van der Waals surface area contributed by atoms with Gasteiger partial charge in [0.25, 0.3) is 0 Å². The molecule has 1 saturated heterocycles. The van der Waals surface area contributed by atoms with Crippen LogP contribution in [0.15, 0.2) is 36.8 Å². The van der Waals surface area contributed by atoms with Gasteiger partial charge < -0.3 is 14.6 Å². The number of aryl methyl sites for hydroxylation is 1. The van der Waals surface area contributed by atoms with Crippen molar-refractivity contribution in [2.75, 3.05) is 18.0 Å². The lowest BCUT2D eigenvalue weighted by molar-refractivity contribution is 0.0681. The molecule has 0 unspecified atom stereocenters. The number of carbonyl (C=O) groups is 1. The van der Waals surface area contributed by atoms with Gasteiger partial charge in [-0.25, -0.2) is 4.79 Å². The molecule has 0 radical (unpaired) electrons. The summed E-state index contributed by atoms with van der Waals surface area (Å²) in [5.74, 6) is -0.854. The van der Waals surface area contributed by atoms with Crippen LogP contribution in [0.25, 0.3) is 0 Å². The first-order valence-electron chi connectivity index (χ1n) is 7.22. The van der Waals surface area contributed by atoms with Crippen molar-refractivity contribution < 1.29 is 9.90 Å². The number of aromatic carboxylic acids is 1. The van der Waals surface area contributed by atoms with Crippen LogP contribution in [0.2, 0.25) is 0 Å². The molecule has 110 valence electrons. The highest BCUT2D eigenvalue weighted by molar-refractivity contribution is 5.85. The molecule has 3 rings (SSSR count). The number of aromatic nitrogens is 2. The number of pyridine rings is 1. The van der Waals surface area contributed by atoms with Gasteiger partial charge in [0.05, 0.1) is 0 Å². The van der Waals surface area contributed by atoms with Gasteiger partial charge in [0.2, 0.25) is 0 Å². The maximum Gasteiger partial charge on any atom is 0.352 e. The molecule has 1 N–H and O–H groups in total. The van der Waals surface area contributed by atoms with Gasteiger partial charge in [-0.05, 0) is 43.5 Å². The number of hydrogen-bond donors (Lipinski definition) is 1. The second-order valence-corrected chi connectivity index (χ2v) is 5.49. The van der Waals surface area contributed by atoms with E-state index >= 15 is 0 Å². The van der Waals surface area contributed by atoms with Gasteiger partial charge in [-0.1, -0.05) is 0 Å². The average Bonchev–Trinajstić information content (AvgIpc) is 2.98. The van der Waals surface area contributed by atoms with Crippen LogP contribution in [0.5, 0.6) is 0 Å². The Bertz CT molecular complexity index is 642. The summed E-state index contributed by atoms with van der Waals surface area (Å²) < 4.78 is 1.90. The van der Waals surface area contributed by atoms with Crippen molar-refractivity contribution in [1.82, 2.24) is 9.55 Å². The lowest BCUT2D eigenvalue weighted by Gasteiger charge is -2.35. The van der Waals surface area contributed by atoms with Crippen LogP contribution in [0, 0.1) is 6.92 Å². The second-order valence-electron chi connectivity index (χ2n) is 5.49. The van der Waals surface area contributed by atoms with E-state index in [0.717, 1.165) is 25.9 Å². The SMILES string of the molecule is Cc1cnccc1N1CCC(n2cccc2C(=O)O)CC1. The minimum absolute atomic E-state index is 0.268. The van der Waals surface area contributed by atoms with E-state index < -0.39 is 5.97 Å². The molecule has 3 heterocycles. The van der Waals surface area contributed by atoms with E-state index in [9.17, 15) is 9.90 Å². The molecule has 0 amide bonds. The molecule has 0 atom stereocenters. The second kappa shape index (κ2) is 5.60. The summed E-state index contributed by atoms with van der Waals surface area (Å²) in [4.78, 5) is 17.7. The van der Waals surface area contributed by atoms with Crippen molar-refractivity contribution in [2.24, 2.45) is 0 Å². The Labute approximate surface area is 123 Å². The molecule has 5 nitrogen and oxygen atoms in total. The third-order valence-corrected chi connectivity index (χ3v) is 4.19. The molecular formula is C16H19N3O2. The van der Waals surface area contributed by atoms with Crippen molar-refractivity contribution >= 4 is 11.7 Å². The van der Waals surface area contributed by atoms with E-state index in [2.05, 4.69) is 16.8 Å². The summed E-state index contributed by atoms with van der Waals surface area (Å²) >= 11 is 0. The van der Waals surface area contributed by atoms with Crippen LogP contribution >= 0.6 is 0 Å². The van der Waals surface area contributed by atoms with E-state index in [0.29, 0.717) is 5.69 Å². The van der Waals surface area contributed by atoms with Crippen molar-refractivity contribution in [3.8, 4) is 0 Å². The summed E-state index contributed by atoms with van der Waals surface area (Å²) in [5.41, 5.74) is 2.80. The maximum atomic E-state index is 11.2. The summed E-state index contributed by atoms with van der Waals surface area (Å²) in [7, 11) is 0. The summed E-state index contributed by atoms with van der Waals surface area (Å²) in [5, 5.41) is 9.21. The summed E-state index contributed by atoms with van der Waals surface area (Å²) in [6, 6.07) is 5.79. The Morgan fingerprint density at radius 3 is 2.76 bits per heavy atom. The minimum Gasteiger partial charge on any atom is -0.477 e. The van der Waals surface area contributed by atoms with Gasteiger partial charge in [-0.2, -0.15) is 0 Å². The van der Waals surface area contributed by atoms with Gasteiger partial charge in [0.15, 0.2) is 0 Å². The highest BCUT2D eigenvalue weighted by atomic mass is 16.4. The van der Waals surface area contributed by atoms with E-state index in [1.54, 1.807) is 6.07 Å². The molecule has 0 spiro atoms. The molecule has 1 fully saturated rings. The molecule has 0 aromatic carbocycles. The molecule has 1 aliphatic heterocycles. The highest BCUT2D eigenvalue weighted by Crippen LogP contribution is 2.29. The lowest BCUT2D eigenvalue weighted by Crippen LogP contribution is -2.35. The molecule has 2 aromatic rings. The Morgan fingerprint density at radius 1 is 1.33 bits per heavy atom. The molecule has 0 bridgehead atoms. The first kappa shape index (κ1) is 13.7. The normalized spacial score (nSPS) is 16.1.